The Labute approximate surface area is 124 Å². The minimum Gasteiger partial charge on any atom is -0.381 e. The van der Waals surface area contributed by atoms with E-state index in [1.807, 2.05) is 12.1 Å². The summed E-state index contributed by atoms with van der Waals surface area (Å²) in [7, 11) is -3.25. The molecule has 21 heavy (non-hydrogen) atoms. The fraction of sp³-hybridized carbons (Fsp3) is 0.133. The number of nitrogens with zero attached hydrogens (tertiary/aromatic N) is 1. The predicted octanol–water partition coefficient (Wildman–Crippen LogP) is 2.54. The van der Waals surface area contributed by atoms with Crippen LogP contribution in [0.3, 0.4) is 0 Å². The third-order valence-electron chi connectivity index (χ3n) is 2.77. The Kier molecular flexibility index (Phi) is 4.45. The number of nitriles is 1. The van der Waals surface area contributed by atoms with E-state index in [0.717, 1.165) is 17.5 Å². The summed E-state index contributed by atoms with van der Waals surface area (Å²) in [6.07, 6.45) is 1.12. The molecule has 0 saturated heterocycles. The van der Waals surface area contributed by atoms with Crippen molar-refractivity contribution in [1.82, 2.24) is 0 Å². The van der Waals surface area contributed by atoms with Crippen molar-refractivity contribution in [1.29, 1.82) is 5.26 Å². The van der Waals surface area contributed by atoms with Gasteiger partial charge in [0.2, 0.25) is 10.0 Å². The fourth-order valence-corrected chi connectivity index (χ4v) is 2.34. The second-order valence-corrected chi connectivity index (χ2v) is 6.36. The van der Waals surface area contributed by atoms with E-state index in [1.54, 1.807) is 36.4 Å². The molecule has 0 aliphatic rings. The van der Waals surface area contributed by atoms with Crippen LogP contribution in [0.2, 0.25) is 0 Å². The van der Waals surface area contributed by atoms with Crippen molar-refractivity contribution < 1.29 is 8.42 Å². The van der Waals surface area contributed by atoms with Crippen molar-refractivity contribution in [2.45, 2.75) is 6.54 Å². The Morgan fingerprint density at radius 3 is 2.10 bits per heavy atom. The number of anilines is 2. The van der Waals surface area contributed by atoms with Crippen LogP contribution in [0.25, 0.3) is 0 Å². The van der Waals surface area contributed by atoms with Gasteiger partial charge >= 0.3 is 0 Å². The first-order valence-corrected chi connectivity index (χ1v) is 8.16. The molecule has 0 atom stereocenters. The highest BCUT2D eigenvalue weighted by molar-refractivity contribution is 7.92. The standard InChI is InChI=1S/C15H15N3O2S/c1-21(19,20)18-15-8-6-14(7-9-15)17-11-13-4-2-12(10-16)3-5-13/h2-9,17-18H,11H2,1H3. The lowest BCUT2D eigenvalue weighted by Gasteiger charge is -2.08. The number of nitrogens with one attached hydrogen (secondary N) is 2. The molecule has 6 heteroatoms. The zero-order chi connectivity index (χ0) is 15.3. The molecule has 0 spiro atoms. The van der Waals surface area contributed by atoms with Crippen LogP contribution < -0.4 is 10.0 Å². The van der Waals surface area contributed by atoms with Crippen molar-refractivity contribution in [3.63, 3.8) is 0 Å². The number of sulfonamides is 1. The maximum atomic E-state index is 11.1. The fourth-order valence-electron chi connectivity index (χ4n) is 1.77. The zero-order valence-electron chi connectivity index (χ0n) is 11.5. The first kappa shape index (κ1) is 14.9. The summed E-state index contributed by atoms with van der Waals surface area (Å²) in [6, 6.07) is 16.4. The molecule has 0 aliphatic carbocycles. The molecule has 2 aromatic carbocycles. The van der Waals surface area contributed by atoms with E-state index in [1.165, 1.54) is 0 Å². The lowest BCUT2D eigenvalue weighted by atomic mass is 10.1. The summed E-state index contributed by atoms with van der Waals surface area (Å²) in [5.74, 6) is 0. The van der Waals surface area contributed by atoms with E-state index in [-0.39, 0.29) is 0 Å². The Bertz CT molecular complexity index is 745. The first-order chi connectivity index (χ1) is 9.96. The van der Waals surface area contributed by atoms with Crippen molar-refractivity contribution in [3.8, 4) is 6.07 Å². The van der Waals surface area contributed by atoms with Crippen LogP contribution >= 0.6 is 0 Å². The molecule has 108 valence electrons. The van der Waals surface area contributed by atoms with E-state index >= 15 is 0 Å². The molecule has 2 aromatic rings. The van der Waals surface area contributed by atoms with Gasteiger partial charge in [-0.2, -0.15) is 5.26 Å². The lowest BCUT2D eigenvalue weighted by molar-refractivity contribution is 0.607. The molecular weight excluding hydrogens is 286 g/mol. The van der Waals surface area contributed by atoms with Crippen molar-refractivity contribution in [2.75, 3.05) is 16.3 Å². The van der Waals surface area contributed by atoms with E-state index in [2.05, 4.69) is 16.1 Å². The van der Waals surface area contributed by atoms with Crippen LogP contribution in [0.4, 0.5) is 11.4 Å². The number of rotatable bonds is 5. The van der Waals surface area contributed by atoms with Crippen LogP contribution in [0.1, 0.15) is 11.1 Å². The van der Waals surface area contributed by atoms with Crippen molar-refractivity contribution in [3.05, 3.63) is 59.7 Å². The molecule has 0 radical (unpaired) electrons. The lowest BCUT2D eigenvalue weighted by Crippen LogP contribution is -2.09. The summed E-state index contributed by atoms with van der Waals surface area (Å²) in [5, 5.41) is 12.0. The maximum Gasteiger partial charge on any atom is 0.229 e. The van der Waals surface area contributed by atoms with Gasteiger partial charge in [0, 0.05) is 17.9 Å². The number of hydrogen-bond donors (Lipinski definition) is 2. The first-order valence-electron chi connectivity index (χ1n) is 6.27. The van der Waals surface area contributed by atoms with Gasteiger partial charge in [0.15, 0.2) is 0 Å². The van der Waals surface area contributed by atoms with Crippen LogP contribution in [0, 0.1) is 11.3 Å². The van der Waals surface area contributed by atoms with Gasteiger partial charge in [0.05, 0.1) is 17.9 Å². The molecule has 0 fully saturated rings. The molecule has 0 heterocycles. The summed E-state index contributed by atoms with van der Waals surface area (Å²) >= 11 is 0. The SMILES string of the molecule is CS(=O)(=O)Nc1ccc(NCc2ccc(C#N)cc2)cc1. The van der Waals surface area contributed by atoms with Gasteiger partial charge in [-0.05, 0) is 42.0 Å². The smallest absolute Gasteiger partial charge is 0.229 e. The molecule has 2 rings (SSSR count). The van der Waals surface area contributed by atoms with Gasteiger partial charge in [-0.15, -0.1) is 0 Å². The molecule has 0 unspecified atom stereocenters. The van der Waals surface area contributed by atoms with E-state index in [4.69, 9.17) is 5.26 Å². The van der Waals surface area contributed by atoms with Crippen LogP contribution in [-0.4, -0.2) is 14.7 Å². The van der Waals surface area contributed by atoms with Crippen LogP contribution in [-0.2, 0) is 16.6 Å². The van der Waals surface area contributed by atoms with Gasteiger partial charge in [-0.25, -0.2) is 8.42 Å². The minimum atomic E-state index is -3.25. The second kappa shape index (κ2) is 6.29. The third-order valence-corrected chi connectivity index (χ3v) is 3.37. The summed E-state index contributed by atoms with van der Waals surface area (Å²) in [6.45, 7) is 0.630. The molecular formula is C15H15N3O2S. The van der Waals surface area contributed by atoms with Crippen LogP contribution in [0.5, 0.6) is 0 Å². The predicted molar refractivity (Wildman–Crippen MR) is 83.4 cm³/mol. The van der Waals surface area contributed by atoms with Crippen molar-refractivity contribution in [2.24, 2.45) is 0 Å². The largest absolute Gasteiger partial charge is 0.381 e. The zero-order valence-corrected chi connectivity index (χ0v) is 12.3. The van der Waals surface area contributed by atoms with Gasteiger partial charge < -0.3 is 5.32 Å². The monoisotopic (exact) mass is 301 g/mol. The normalized spacial score (nSPS) is 10.7. The summed E-state index contributed by atoms with van der Waals surface area (Å²) in [4.78, 5) is 0. The quantitative estimate of drug-likeness (QED) is 0.889. The molecule has 2 N–H and O–H groups in total. The molecule has 0 bridgehead atoms. The highest BCUT2D eigenvalue weighted by Crippen LogP contribution is 2.15. The maximum absolute atomic E-state index is 11.1. The third kappa shape index (κ3) is 4.82. The molecule has 0 aromatic heterocycles. The minimum absolute atomic E-state index is 0.529. The Hall–Kier alpha value is -2.52. The Morgan fingerprint density at radius 1 is 1.00 bits per heavy atom. The van der Waals surface area contributed by atoms with E-state index < -0.39 is 10.0 Å². The Balaban J connectivity index is 1.95. The molecule has 0 saturated carbocycles. The Morgan fingerprint density at radius 2 is 1.57 bits per heavy atom. The molecule has 0 amide bonds. The molecule has 0 aliphatic heterocycles. The average molecular weight is 301 g/mol. The van der Waals surface area contributed by atoms with Gasteiger partial charge in [-0.1, -0.05) is 12.1 Å². The summed E-state index contributed by atoms with van der Waals surface area (Å²) < 4.78 is 24.6. The number of benzene rings is 2. The topological polar surface area (TPSA) is 82.0 Å². The van der Waals surface area contributed by atoms with Gasteiger partial charge in [-0.3, -0.25) is 4.72 Å². The highest BCUT2D eigenvalue weighted by atomic mass is 32.2. The van der Waals surface area contributed by atoms with E-state index in [0.29, 0.717) is 17.8 Å². The molecule has 5 nitrogen and oxygen atoms in total. The van der Waals surface area contributed by atoms with E-state index in [9.17, 15) is 8.42 Å². The average Bonchev–Trinajstić information content (AvgIpc) is 2.45. The second-order valence-electron chi connectivity index (χ2n) is 4.61. The highest BCUT2D eigenvalue weighted by Gasteiger charge is 2.01. The van der Waals surface area contributed by atoms with Gasteiger partial charge in [0.1, 0.15) is 0 Å². The van der Waals surface area contributed by atoms with Gasteiger partial charge in [0.25, 0.3) is 0 Å². The number of hydrogen-bond acceptors (Lipinski definition) is 4. The van der Waals surface area contributed by atoms with Crippen LogP contribution in [0.15, 0.2) is 48.5 Å². The van der Waals surface area contributed by atoms with Crippen molar-refractivity contribution >= 4 is 21.4 Å². The summed E-state index contributed by atoms with van der Waals surface area (Å²) in [5.41, 5.74) is 3.11.